The molecular weight excluding hydrogens is 370 g/mol. The van der Waals surface area contributed by atoms with Crippen molar-refractivity contribution in [3.05, 3.63) is 47.4 Å². The van der Waals surface area contributed by atoms with Gasteiger partial charge in [-0.2, -0.15) is 0 Å². The first-order chi connectivity index (χ1) is 13.4. The summed E-state index contributed by atoms with van der Waals surface area (Å²) >= 11 is 0. The normalized spacial score (nSPS) is 18.5. The van der Waals surface area contributed by atoms with Gasteiger partial charge in [-0.25, -0.2) is 18.7 Å². The molecule has 0 bridgehead atoms. The summed E-state index contributed by atoms with van der Waals surface area (Å²) in [6.07, 6.45) is 1.41. The Balaban J connectivity index is 1.50. The lowest BCUT2D eigenvalue weighted by atomic mass is 10.0. The number of hydrogen-bond acceptors (Lipinski definition) is 6. The lowest BCUT2D eigenvalue weighted by molar-refractivity contribution is -0.169. The lowest BCUT2D eigenvalue weighted by Crippen LogP contribution is -2.45. The van der Waals surface area contributed by atoms with Gasteiger partial charge < -0.3 is 19.7 Å². The highest BCUT2D eigenvalue weighted by atomic mass is 19.1. The summed E-state index contributed by atoms with van der Waals surface area (Å²) in [5, 5.41) is 2.42. The van der Waals surface area contributed by atoms with E-state index in [2.05, 4.69) is 15.3 Å². The molecule has 1 amide bonds. The highest BCUT2D eigenvalue weighted by Gasteiger charge is 2.40. The molecule has 2 aliphatic rings. The molecule has 28 heavy (non-hydrogen) atoms. The van der Waals surface area contributed by atoms with Crippen molar-refractivity contribution in [1.82, 2.24) is 9.97 Å². The molecule has 0 unspecified atom stereocenters. The van der Waals surface area contributed by atoms with E-state index >= 15 is 0 Å². The number of rotatable bonds is 3. The molecule has 1 spiro atoms. The molecule has 0 aliphatic carbocycles. The number of nitrogens with one attached hydrogen (secondary N) is 1. The maximum atomic E-state index is 13.8. The van der Waals surface area contributed by atoms with Gasteiger partial charge in [0.05, 0.1) is 18.9 Å². The highest BCUT2D eigenvalue weighted by Crippen LogP contribution is 2.32. The molecule has 9 heteroatoms. The molecule has 7 nitrogen and oxygen atoms in total. The minimum atomic E-state index is -0.850. The van der Waals surface area contributed by atoms with E-state index in [1.165, 1.54) is 6.07 Å². The first-order valence-electron chi connectivity index (χ1n) is 9.09. The number of ether oxygens (including phenoxy) is 2. The molecule has 1 N–H and O–H groups in total. The Kier molecular flexibility index (Phi) is 4.94. The Morgan fingerprint density at radius 1 is 1.14 bits per heavy atom. The first-order valence-corrected chi connectivity index (χ1v) is 9.09. The number of amides is 1. The molecule has 2 fully saturated rings. The van der Waals surface area contributed by atoms with Crippen molar-refractivity contribution in [3.63, 3.8) is 0 Å². The number of piperidine rings is 1. The second kappa shape index (κ2) is 7.40. The quantitative estimate of drug-likeness (QED) is 0.868. The van der Waals surface area contributed by atoms with Crippen LogP contribution in [0.2, 0.25) is 0 Å². The van der Waals surface area contributed by atoms with Crippen molar-refractivity contribution in [2.75, 3.05) is 36.5 Å². The molecule has 4 rings (SSSR count). The van der Waals surface area contributed by atoms with Crippen LogP contribution in [0.1, 0.15) is 29.2 Å². The maximum Gasteiger partial charge on any atom is 0.274 e. The molecule has 1 aromatic heterocycles. The largest absolute Gasteiger partial charge is 0.356 e. The Labute approximate surface area is 160 Å². The average molecular weight is 390 g/mol. The number of aromatic nitrogens is 2. The molecular formula is C19H20F2N4O3. The van der Waals surface area contributed by atoms with Gasteiger partial charge in [0, 0.05) is 38.1 Å². The number of carbonyl (C=O) groups is 1. The zero-order valence-corrected chi connectivity index (χ0v) is 15.4. The predicted molar refractivity (Wildman–Crippen MR) is 97.2 cm³/mol. The molecule has 2 aromatic rings. The second-order valence-electron chi connectivity index (χ2n) is 6.83. The van der Waals surface area contributed by atoms with E-state index in [1.807, 2.05) is 4.90 Å². The van der Waals surface area contributed by atoms with E-state index in [9.17, 15) is 13.6 Å². The van der Waals surface area contributed by atoms with Gasteiger partial charge in [0.2, 0.25) is 0 Å². The van der Waals surface area contributed by atoms with Crippen LogP contribution in [0.5, 0.6) is 0 Å². The van der Waals surface area contributed by atoms with Crippen molar-refractivity contribution in [3.8, 4) is 0 Å². The number of anilines is 2. The van der Waals surface area contributed by atoms with Gasteiger partial charge in [0.1, 0.15) is 29.0 Å². The summed E-state index contributed by atoms with van der Waals surface area (Å²) in [7, 11) is 0. The third-order valence-electron chi connectivity index (χ3n) is 4.90. The van der Waals surface area contributed by atoms with Crippen LogP contribution in [-0.2, 0) is 9.47 Å². The Hall–Kier alpha value is -2.65. The summed E-state index contributed by atoms with van der Waals surface area (Å²) in [4.78, 5) is 23.1. The second-order valence-corrected chi connectivity index (χ2v) is 6.83. The summed E-state index contributed by atoms with van der Waals surface area (Å²) < 4.78 is 38.3. The van der Waals surface area contributed by atoms with E-state index in [0.29, 0.717) is 56.9 Å². The molecule has 3 heterocycles. The number of benzene rings is 1. The summed E-state index contributed by atoms with van der Waals surface area (Å²) in [5.41, 5.74) is -0.000427. The van der Waals surface area contributed by atoms with Crippen molar-refractivity contribution in [2.24, 2.45) is 0 Å². The molecule has 0 atom stereocenters. The van der Waals surface area contributed by atoms with E-state index in [1.54, 1.807) is 13.0 Å². The van der Waals surface area contributed by atoms with E-state index < -0.39 is 23.3 Å². The zero-order valence-electron chi connectivity index (χ0n) is 15.4. The van der Waals surface area contributed by atoms with Crippen LogP contribution in [0.25, 0.3) is 0 Å². The Bertz CT molecular complexity index is 893. The maximum absolute atomic E-state index is 13.8. The lowest BCUT2D eigenvalue weighted by Gasteiger charge is -2.38. The summed E-state index contributed by atoms with van der Waals surface area (Å²) in [6, 6.07) is 4.52. The van der Waals surface area contributed by atoms with Crippen LogP contribution in [0, 0.1) is 18.6 Å². The van der Waals surface area contributed by atoms with Crippen LogP contribution < -0.4 is 10.2 Å². The van der Waals surface area contributed by atoms with E-state index in [0.717, 1.165) is 6.07 Å². The molecule has 1 aromatic carbocycles. The van der Waals surface area contributed by atoms with Gasteiger partial charge in [0.25, 0.3) is 5.91 Å². The highest BCUT2D eigenvalue weighted by molar-refractivity contribution is 6.03. The van der Waals surface area contributed by atoms with E-state index in [-0.39, 0.29) is 11.4 Å². The van der Waals surface area contributed by atoms with Crippen LogP contribution in [0.3, 0.4) is 0 Å². The van der Waals surface area contributed by atoms with Gasteiger partial charge in [-0.1, -0.05) is 0 Å². The van der Waals surface area contributed by atoms with Crippen molar-refractivity contribution < 1.29 is 23.0 Å². The monoisotopic (exact) mass is 390 g/mol. The molecule has 148 valence electrons. The van der Waals surface area contributed by atoms with Gasteiger partial charge in [-0.3, -0.25) is 4.79 Å². The minimum Gasteiger partial charge on any atom is -0.356 e. The first kappa shape index (κ1) is 18.7. The fourth-order valence-corrected chi connectivity index (χ4v) is 3.47. The fourth-order valence-electron chi connectivity index (χ4n) is 3.47. The molecule has 0 saturated carbocycles. The molecule has 2 aliphatic heterocycles. The number of halogens is 2. The van der Waals surface area contributed by atoms with Crippen LogP contribution in [0.4, 0.5) is 20.3 Å². The smallest absolute Gasteiger partial charge is 0.274 e. The number of carbonyl (C=O) groups excluding carboxylic acids is 1. The summed E-state index contributed by atoms with van der Waals surface area (Å²) in [6.45, 7) is 4.25. The van der Waals surface area contributed by atoms with Crippen LogP contribution >= 0.6 is 0 Å². The van der Waals surface area contributed by atoms with Crippen molar-refractivity contribution in [2.45, 2.75) is 25.6 Å². The fraction of sp³-hybridized carbons (Fsp3) is 0.421. The molecule has 2 saturated heterocycles. The van der Waals surface area contributed by atoms with Crippen LogP contribution in [-0.4, -0.2) is 48.0 Å². The third kappa shape index (κ3) is 3.81. The molecule has 0 radical (unpaired) electrons. The third-order valence-corrected chi connectivity index (χ3v) is 4.90. The Morgan fingerprint density at radius 3 is 2.54 bits per heavy atom. The topological polar surface area (TPSA) is 76.6 Å². The van der Waals surface area contributed by atoms with Gasteiger partial charge in [-0.15, -0.1) is 0 Å². The number of aryl methyl sites for hydroxylation is 1. The number of hydrogen-bond donors (Lipinski definition) is 1. The predicted octanol–water partition coefficient (Wildman–Crippen LogP) is 2.66. The van der Waals surface area contributed by atoms with Gasteiger partial charge in [-0.05, 0) is 19.1 Å². The van der Waals surface area contributed by atoms with Crippen molar-refractivity contribution >= 4 is 17.4 Å². The average Bonchev–Trinajstić information content (AvgIpc) is 3.12. The number of nitrogens with zero attached hydrogens (tertiary/aromatic N) is 3. The zero-order chi connectivity index (χ0) is 19.7. The minimum absolute atomic E-state index is 0.111. The van der Waals surface area contributed by atoms with E-state index in [4.69, 9.17) is 9.47 Å². The van der Waals surface area contributed by atoms with Gasteiger partial charge in [0.15, 0.2) is 5.79 Å². The standard InChI is InChI=1S/C19H20F2N4O3/c1-12-22-16(18(26)24-15-3-2-13(20)10-14(15)21)11-17(23-12)25-6-4-19(5-7-25)27-8-9-28-19/h2-3,10-11H,4-9H2,1H3,(H,24,26). The Morgan fingerprint density at radius 2 is 1.86 bits per heavy atom. The van der Waals surface area contributed by atoms with Crippen molar-refractivity contribution in [1.29, 1.82) is 0 Å². The SMILES string of the molecule is Cc1nc(C(=O)Nc2ccc(F)cc2F)cc(N2CCC3(CC2)OCCO3)n1. The summed E-state index contributed by atoms with van der Waals surface area (Å²) in [5.74, 6) is -1.61. The van der Waals surface area contributed by atoms with Crippen LogP contribution in [0.15, 0.2) is 24.3 Å². The van der Waals surface area contributed by atoms with Gasteiger partial charge >= 0.3 is 0 Å².